The lowest BCUT2D eigenvalue weighted by Crippen LogP contribution is -2.45. The fraction of sp³-hybridized carbons (Fsp3) is 0.385. The third-order valence-corrected chi connectivity index (χ3v) is 3.30. The number of nitrogens with two attached hydrogens (primary N) is 1. The van der Waals surface area contributed by atoms with E-state index in [0.717, 1.165) is 17.3 Å². The number of anilines is 1. The summed E-state index contributed by atoms with van der Waals surface area (Å²) in [5.74, 6) is -0.467. The van der Waals surface area contributed by atoms with Gasteiger partial charge >= 0.3 is 0 Å². The average Bonchev–Trinajstić information content (AvgIpc) is 3.11. The maximum absolute atomic E-state index is 12.0. The molecule has 0 radical (unpaired) electrons. The Bertz CT molecular complexity index is 494. The summed E-state index contributed by atoms with van der Waals surface area (Å²) in [5.41, 5.74) is 6.60. The number of carbonyl (C=O) groups is 2. The number of amides is 2. The van der Waals surface area contributed by atoms with Gasteiger partial charge in [-0.25, -0.2) is 0 Å². The van der Waals surface area contributed by atoms with Gasteiger partial charge in [0.1, 0.15) is 6.04 Å². The Kier molecular flexibility index (Phi) is 4.09. The van der Waals surface area contributed by atoms with Crippen molar-refractivity contribution in [2.75, 3.05) is 5.73 Å². The molecule has 102 valence electrons. The van der Waals surface area contributed by atoms with Crippen molar-refractivity contribution in [3.63, 3.8) is 0 Å². The highest BCUT2D eigenvalue weighted by molar-refractivity contribution is 9.10. The first-order chi connectivity index (χ1) is 8.95. The molecule has 1 aromatic carbocycles. The van der Waals surface area contributed by atoms with Crippen molar-refractivity contribution in [1.82, 2.24) is 10.6 Å². The highest BCUT2D eigenvalue weighted by Crippen LogP contribution is 2.19. The van der Waals surface area contributed by atoms with E-state index in [-0.39, 0.29) is 17.9 Å². The molecule has 6 heteroatoms. The molecule has 1 atom stereocenters. The Balaban J connectivity index is 1.97. The molecule has 2 rings (SSSR count). The predicted molar refractivity (Wildman–Crippen MR) is 76.6 cm³/mol. The largest absolute Gasteiger partial charge is 0.399 e. The summed E-state index contributed by atoms with van der Waals surface area (Å²) in [6.07, 6.45) is 2.04. The standard InChI is InChI=1S/C13H16BrN3O2/c1-7(12(18)17-11-2-3-11)16-13(19)8-4-9(14)6-10(15)5-8/h4-7,11H,2-3,15H2,1H3,(H,16,19)(H,17,18). The second-order valence-electron chi connectivity index (χ2n) is 4.75. The second kappa shape index (κ2) is 5.61. The van der Waals surface area contributed by atoms with Crippen LogP contribution in [-0.2, 0) is 4.79 Å². The molecular weight excluding hydrogens is 310 g/mol. The number of nitrogen functional groups attached to an aromatic ring is 1. The summed E-state index contributed by atoms with van der Waals surface area (Å²) < 4.78 is 0.729. The van der Waals surface area contributed by atoms with Crippen LogP contribution in [0.4, 0.5) is 5.69 Å². The predicted octanol–water partition coefficient (Wildman–Crippen LogP) is 1.43. The Morgan fingerprint density at radius 2 is 2.05 bits per heavy atom. The maximum Gasteiger partial charge on any atom is 0.252 e. The Hall–Kier alpha value is -1.56. The van der Waals surface area contributed by atoms with Crippen LogP contribution in [0.2, 0.25) is 0 Å². The molecule has 1 unspecified atom stereocenters. The van der Waals surface area contributed by atoms with Crippen LogP contribution in [0.15, 0.2) is 22.7 Å². The summed E-state index contributed by atoms with van der Waals surface area (Å²) in [5, 5.41) is 5.50. The van der Waals surface area contributed by atoms with Crippen molar-refractivity contribution in [2.45, 2.75) is 31.8 Å². The van der Waals surface area contributed by atoms with Gasteiger partial charge in [-0.05, 0) is 38.0 Å². The molecule has 1 aliphatic rings. The molecule has 0 spiro atoms. The zero-order valence-corrected chi connectivity index (χ0v) is 12.2. The normalized spacial score (nSPS) is 15.7. The summed E-state index contributed by atoms with van der Waals surface area (Å²) in [6, 6.07) is 4.67. The van der Waals surface area contributed by atoms with Crippen molar-refractivity contribution in [3.05, 3.63) is 28.2 Å². The molecule has 1 saturated carbocycles. The topological polar surface area (TPSA) is 84.2 Å². The van der Waals surface area contributed by atoms with Crippen molar-refractivity contribution >= 4 is 33.4 Å². The van der Waals surface area contributed by atoms with E-state index >= 15 is 0 Å². The lowest BCUT2D eigenvalue weighted by Gasteiger charge is -2.14. The van der Waals surface area contributed by atoms with E-state index in [4.69, 9.17) is 5.73 Å². The summed E-state index contributed by atoms with van der Waals surface area (Å²) in [7, 11) is 0. The van der Waals surface area contributed by atoms with Gasteiger partial charge in [0, 0.05) is 21.8 Å². The molecule has 0 saturated heterocycles. The first kappa shape index (κ1) is 13.9. The summed E-state index contributed by atoms with van der Waals surface area (Å²) in [4.78, 5) is 23.7. The van der Waals surface area contributed by atoms with E-state index in [1.54, 1.807) is 25.1 Å². The number of hydrogen-bond donors (Lipinski definition) is 3. The number of rotatable bonds is 4. The highest BCUT2D eigenvalue weighted by atomic mass is 79.9. The molecule has 2 amide bonds. The van der Waals surface area contributed by atoms with Crippen molar-refractivity contribution in [1.29, 1.82) is 0 Å². The lowest BCUT2D eigenvalue weighted by molar-refractivity contribution is -0.122. The van der Waals surface area contributed by atoms with Gasteiger partial charge in [0.2, 0.25) is 5.91 Å². The summed E-state index contributed by atoms with van der Waals surface area (Å²) >= 11 is 3.28. The zero-order valence-electron chi connectivity index (χ0n) is 10.6. The van der Waals surface area contributed by atoms with Gasteiger partial charge in [-0.1, -0.05) is 15.9 Å². The van der Waals surface area contributed by atoms with Gasteiger partial charge in [-0.15, -0.1) is 0 Å². The van der Waals surface area contributed by atoms with E-state index in [1.807, 2.05) is 0 Å². The molecule has 0 aromatic heterocycles. The SMILES string of the molecule is CC(NC(=O)c1cc(N)cc(Br)c1)C(=O)NC1CC1. The van der Waals surface area contributed by atoms with E-state index in [2.05, 4.69) is 26.6 Å². The second-order valence-corrected chi connectivity index (χ2v) is 5.67. The number of benzene rings is 1. The van der Waals surface area contributed by atoms with E-state index in [9.17, 15) is 9.59 Å². The molecule has 1 aromatic rings. The maximum atomic E-state index is 12.0. The lowest BCUT2D eigenvalue weighted by atomic mass is 10.1. The van der Waals surface area contributed by atoms with Gasteiger partial charge in [0.15, 0.2) is 0 Å². The van der Waals surface area contributed by atoms with Crippen molar-refractivity contribution in [2.24, 2.45) is 0 Å². The highest BCUT2D eigenvalue weighted by Gasteiger charge is 2.26. The van der Waals surface area contributed by atoms with Crippen LogP contribution >= 0.6 is 15.9 Å². The molecule has 4 N–H and O–H groups in total. The average molecular weight is 326 g/mol. The smallest absolute Gasteiger partial charge is 0.252 e. The first-order valence-corrected chi connectivity index (χ1v) is 6.92. The molecular formula is C13H16BrN3O2. The number of carbonyl (C=O) groups excluding carboxylic acids is 2. The minimum atomic E-state index is -0.562. The molecule has 0 heterocycles. The number of nitrogens with one attached hydrogen (secondary N) is 2. The summed E-state index contributed by atoms with van der Waals surface area (Å²) in [6.45, 7) is 1.66. The van der Waals surface area contributed by atoms with Gasteiger partial charge in [0.05, 0.1) is 0 Å². The van der Waals surface area contributed by atoms with Crippen LogP contribution in [-0.4, -0.2) is 23.9 Å². The quantitative estimate of drug-likeness (QED) is 0.732. The minimum absolute atomic E-state index is 0.154. The van der Waals surface area contributed by atoms with Crippen LogP contribution in [0, 0.1) is 0 Å². The van der Waals surface area contributed by atoms with Crippen molar-refractivity contribution < 1.29 is 9.59 Å². The molecule has 0 aliphatic heterocycles. The fourth-order valence-electron chi connectivity index (χ4n) is 1.64. The van der Waals surface area contributed by atoms with Gasteiger partial charge < -0.3 is 16.4 Å². The third-order valence-electron chi connectivity index (χ3n) is 2.85. The fourth-order valence-corrected chi connectivity index (χ4v) is 2.15. The van der Waals surface area contributed by atoms with Crippen LogP contribution in [0.5, 0.6) is 0 Å². The van der Waals surface area contributed by atoms with Gasteiger partial charge in [-0.3, -0.25) is 9.59 Å². The first-order valence-electron chi connectivity index (χ1n) is 6.13. The van der Waals surface area contributed by atoms with Gasteiger partial charge in [-0.2, -0.15) is 0 Å². The third kappa shape index (κ3) is 3.96. The molecule has 19 heavy (non-hydrogen) atoms. The van der Waals surface area contributed by atoms with Crippen LogP contribution in [0.3, 0.4) is 0 Å². The van der Waals surface area contributed by atoms with Crippen LogP contribution in [0.25, 0.3) is 0 Å². The number of halogens is 1. The Labute approximate surface area is 120 Å². The van der Waals surface area contributed by atoms with E-state index in [0.29, 0.717) is 11.3 Å². The molecule has 0 bridgehead atoms. The number of hydrogen-bond acceptors (Lipinski definition) is 3. The molecule has 5 nitrogen and oxygen atoms in total. The van der Waals surface area contributed by atoms with Crippen LogP contribution < -0.4 is 16.4 Å². The molecule has 1 aliphatic carbocycles. The Morgan fingerprint density at radius 3 is 2.63 bits per heavy atom. The zero-order chi connectivity index (χ0) is 14.0. The van der Waals surface area contributed by atoms with Gasteiger partial charge in [0.25, 0.3) is 5.91 Å². The van der Waals surface area contributed by atoms with Crippen LogP contribution in [0.1, 0.15) is 30.1 Å². The Morgan fingerprint density at radius 1 is 1.37 bits per heavy atom. The van der Waals surface area contributed by atoms with E-state index < -0.39 is 6.04 Å². The van der Waals surface area contributed by atoms with Crippen molar-refractivity contribution in [3.8, 4) is 0 Å². The monoisotopic (exact) mass is 325 g/mol. The molecule has 1 fully saturated rings. The van der Waals surface area contributed by atoms with E-state index in [1.165, 1.54) is 0 Å². The minimum Gasteiger partial charge on any atom is -0.399 e.